The lowest BCUT2D eigenvalue weighted by Gasteiger charge is -2.11. The van der Waals surface area contributed by atoms with Crippen molar-refractivity contribution in [3.8, 4) is 0 Å². The van der Waals surface area contributed by atoms with E-state index < -0.39 is 27.3 Å². The fourth-order valence-electron chi connectivity index (χ4n) is 1.56. The Bertz CT molecular complexity index is 504. The molecule has 0 radical (unpaired) electrons. The van der Waals surface area contributed by atoms with Crippen LogP contribution < -0.4 is 5.32 Å². The molecular formula is C10H9ClF2N2O2. The molecule has 0 aliphatic heterocycles. The van der Waals surface area contributed by atoms with Gasteiger partial charge in [0, 0.05) is 6.04 Å². The Kier molecular flexibility index (Phi) is 2.91. The molecule has 4 nitrogen and oxygen atoms in total. The fraction of sp³-hybridized carbons (Fsp3) is 0.400. The zero-order valence-corrected chi connectivity index (χ0v) is 9.65. The standard InChI is InChI=1S/C10H9ClF2N2O2/c1-4-7(12)6(11)8(13)9(10(4)15(16)17)14-5-2-3-5/h5,14H,2-3H2,1H3. The molecule has 0 aromatic heterocycles. The number of nitrogens with one attached hydrogen (secondary N) is 1. The van der Waals surface area contributed by atoms with Gasteiger partial charge in [-0.3, -0.25) is 10.1 Å². The van der Waals surface area contributed by atoms with E-state index in [4.69, 9.17) is 11.6 Å². The summed E-state index contributed by atoms with van der Waals surface area (Å²) in [5, 5.41) is 12.8. The molecule has 7 heteroatoms. The Labute approximate surface area is 101 Å². The topological polar surface area (TPSA) is 55.2 Å². The molecule has 0 atom stereocenters. The van der Waals surface area contributed by atoms with Gasteiger partial charge in [0.05, 0.1) is 10.5 Å². The number of nitrogens with zero attached hydrogens (tertiary/aromatic N) is 1. The van der Waals surface area contributed by atoms with Crippen LogP contribution in [0.15, 0.2) is 0 Å². The van der Waals surface area contributed by atoms with Crippen molar-refractivity contribution in [2.45, 2.75) is 25.8 Å². The molecule has 0 spiro atoms. The third-order valence-corrected chi connectivity index (χ3v) is 2.97. The first-order chi connectivity index (χ1) is 7.93. The van der Waals surface area contributed by atoms with E-state index in [9.17, 15) is 18.9 Å². The average Bonchev–Trinajstić information content (AvgIpc) is 3.06. The Hall–Kier alpha value is -1.43. The minimum absolute atomic E-state index is 0.00382. The van der Waals surface area contributed by atoms with Gasteiger partial charge in [-0.25, -0.2) is 8.78 Å². The number of rotatable bonds is 3. The van der Waals surface area contributed by atoms with E-state index >= 15 is 0 Å². The van der Waals surface area contributed by atoms with Crippen LogP contribution in [0.1, 0.15) is 18.4 Å². The first-order valence-corrected chi connectivity index (χ1v) is 5.39. The number of nitro groups is 1. The minimum Gasteiger partial charge on any atom is -0.374 e. The van der Waals surface area contributed by atoms with E-state index in [0.29, 0.717) is 0 Å². The maximum atomic E-state index is 13.7. The second-order valence-electron chi connectivity index (χ2n) is 3.97. The highest BCUT2D eigenvalue weighted by atomic mass is 35.5. The van der Waals surface area contributed by atoms with Gasteiger partial charge in [0.15, 0.2) is 17.3 Å². The van der Waals surface area contributed by atoms with Crippen LogP contribution in [0, 0.1) is 28.7 Å². The minimum atomic E-state index is -1.10. The van der Waals surface area contributed by atoms with Gasteiger partial charge in [-0.05, 0) is 19.8 Å². The Balaban J connectivity index is 2.63. The largest absolute Gasteiger partial charge is 0.374 e. The van der Waals surface area contributed by atoms with Crippen LogP contribution in [0.2, 0.25) is 5.02 Å². The van der Waals surface area contributed by atoms with E-state index in [1.807, 2.05) is 0 Å². The van der Waals surface area contributed by atoms with Crippen molar-refractivity contribution >= 4 is 23.0 Å². The summed E-state index contributed by atoms with van der Waals surface area (Å²) in [7, 11) is 0. The van der Waals surface area contributed by atoms with Crippen molar-refractivity contribution in [1.29, 1.82) is 0 Å². The molecule has 2 rings (SSSR count). The molecule has 0 bridgehead atoms. The van der Waals surface area contributed by atoms with Gasteiger partial charge in [0.1, 0.15) is 5.02 Å². The number of anilines is 1. The number of nitro benzene ring substituents is 1. The molecule has 1 N–H and O–H groups in total. The van der Waals surface area contributed by atoms with Crippen LogP contribution in [0.5, 0.6) is 0 Å². The summed E-state index contributed by atoms with van der Waals surface area (Å²) in [6.07, 6.45) is 1.62. The second kappa shape index (κ2) is 4.10. The van der Waals surface area contributed by atoms with Gasteiger partial charge < -0.3 is 5.32 Å². The molecular weight excluding hydrogens is 254 g/mol. The van der Waals surface area contributed by atoms with Crippen molar-refractivity contribution in [3.63, 3.8) is 0 Å². The van der Waals surface area contributed by atoms with E-state index in [1.165, 1.54) is 6.92 Å². The molecule has 1 aromatic carbocycles. The summed E-state index contributed by atoms with van der Waals surface area (Å²) < 4.78 is 27.2. The molecule has 0 saturated heterocycles. The van der Waals surface area contributed by atoms with E-state index in [1.54, 1.807) is 0 Å². The summed E-state index contributed by atoms with van der Waals surface area (Å²) in [6, 6.07) is 0.00382. The number of benzene rings is 1. The lowest BCUT2D eigenvalue weighted by atomic mass is 10.1. The summed E-state index contributed by atoms with van der Waals surface area (Å²) >= 11 is 5.46. The number of hydrogen-bond donors (Lipinski definition) is 1. The summed E-state index contributed by atoms with van der Waals surface area (Å²) in [5.74, 6) is -2.19. The third-order valence-electron chi connectivity index (χ3n) is 2.63. The van der Waals surface area contributed by atoms with Gasteiger partial charge in [-0.2, -0.15) is 0 Å². The van der Waals surface area contributed by atoms with Crippen LogP contribution in [-0.4, -0.2) is 11.0 Å². The lowest BCUT2D eigenvalue weighted by Crippen LogP contribution is -2.09. The van der Waals surface area contributed by atoms with Crippen LogP contribution >= 0.6 is 11.6 Å². The molecule has 0 unspecified atom stereocenters. The van der Waals surface area contributed by atoms with Crippen molar-refractivity contribution in [1.82, 2.24) is 0 Å². The molecule has 0 heterocycles. The lowest BCUT2D eigenvalue weighted by molar-refractivity contribution is -0.384. The predicted molar refractivity (Wildman–Crippen MR) is 59.4 cm³/mol. The van der Waals surface area contributed by atoms with Gasteiger partial charge in [0.25, 0.3) is 0 Å². The maximum Gasteiger partial charge on any atom is 0.301 e. The van der Waals surface area contributed by atoms with E-state index in [2.05, 4.69) is 5.32 Å². The molecule has 1 aliphatic rings. The van der Waals surface area contributed by atoms with Crippen molar-refractivity contribution < 1.29 is 13.7 Å². The Morgan fingerprint density at radius 2 is 2.00 bits per heavy atom. The quantitative estimate of drug-likeness (QED) is 0.516. The second-order valence-corrected chi connectivity index (χ2v) is 4.34. The van der Waals surface area contributed by atoms with Gasteiger partial charge >= 0.3 is 5.69 Å². The van der Waals surface area contributed by atoms with Crippen LogP contribution in [0.25, 0.3) is 0 Å². The highest BCUT2D eigenvalue weighted by molar-refractivity contribution is 6.31. The first kappa shape index (κ1) is 12.0. The third kappa shape index (κ3) is 2.04. The average molecular weight is 263 g/mol. The summed E-state index contributed by atoms with van der Waals surface area (Å²) in [6.45, 7) is 1.21. The van der Waals surface area contributed by atoms with Crippen LogP contribution in [0.3, 0.4) is 0 Å². The highest BCUT2D eigenvalue weighted by Crippen LogP contribution is 2.40. The summed E-state index contributed by atoms with van der Waals surface area (Å²) in [5.41, 5.74) is -1.16. The predicted octanol–water partition coefficient (Wildman–Crippen LogP) is 3.41. The fourth-order valence-corrected chi connectivity index (χ4v) is 1.79. The molecule has 17 heavy (non-hydrogen) atoms. The number of hydrogen-bond acceptors (Lipinski definition) is 3. The van der Waals surface area contributed by atoms with Crippen LogP contribution in [-0.2, 0) is 0 Å². The molecule has 92 valence electrons. The molecule has 1 saturated carbocycles. The zero-order chi connectivity index (χ0) is 12.7. The Morgan fingerprint density at radius 3 is 2.47 bits per heavy atom. The van der Waals surface area contributed by atoms with Gasteiger partial charge in [0.2, 0.25) is 0 Å². The first-order valence-electron chi connectivity index (χ1n) is 5.01. The van der Waals surface area contributed by atoms with Crippen molar-refractivity contribution in [2.75, 3.05) is 5.32 Å². The molecule has 1 aliphatic carbocycles. The SMILES string of the molecule is Cc1c(F)c(Cl)c(F)c(NC2CC2)c1[N+](=O)[O-]. The summed E-state index contributed by atoms with van der Waals surface area (Å²) in [4.78, 5) is 10.0. The van der Waals surface area contributed by atoms with Crippen molar-refractivity contribution in [3.05, 3.63) is 32.3 Å². The number of halogens is 3. The Morgan fingerprint density at radius 1 is 1.41 bits per heavy atom. The monoisotopic (exact) mass is 262 g/mol. The molecule has 1 aromatic rings. The molecule has 1 fully saturated rings. The van der Waals surface area contributed by atoms with Crippen LogP contribution in [0.4, 0.5) is 20.2 Å². The highest BCUT2D eigenvalue weighted by Gasteiger charge is 2.32. The normalized spacial score (nSPS) is 14.8. The van der Waals surface area contributed by atoms with Crippen molar-refractivity contribution in [2.24, 2.45) is 0 Å². The zero-order valence-electron chi connectivity index (χ0n) is 8.89. The van der Waals surface area contributed by atoms with Gasteiger partial charge in [-0.1, -0.05) is 11.6 Å². The van der Waals surface area contributed by atoms with E-state index in [-0.39, 0.29) is 17.3 Å². The smallest absolute Gasteiger partial charge is 0.301 e. The van der Waals surface area contributed by atoms with E-state index in [0.717, 1.165) is 12.8 Å². The maximum absolute atomic E-state index is 13.7. The molecule has 0 amide bonds. The van der Waals surface area contributed by atoms with Gasteiger partial charge in [-0.15, -0.1) is 0 Å².